The minimum absolute atomic E-state index is 0.270. The van der Waals surface area contributed by atoms with Gasteiger partial charge >= 0.3 is 0 Å². The Balaban J connectivity index is 1.28. The van der Waals surface area contributed by atoms with E-state index in [1.54, 1.807) is 6.20 Å². The predicted molar refractivity (Wildman–Crippen MR) is 88.1 cm³/mol. The highest BCUT2D eigenvalue weighted by Gasteiger charge is 2.25. The molecule has 0 aliphatic carbocycles. The van der Waals surface area contributed by atoms with Gasteiger partial charge in [0.25, 0.3) is 5.19 Å². The summed E-state index contributed by atoms with van der Waals surface area (Å²) in [6, 6.07) is 0. The number of thiazole rings is 1. The van der Waals surface area contributed by atoms with Crippen LogP contribution in [0.4, 0.5) is 0 Å². The average molecular weight is 350 g/mol. The zero-order valence-corrected chi connectivity index (χ0v) is 14.4. The minimum atomic E-state index is 0.270. The molecule has 0 aromatic carbocycles. The van der Waals surface area contributed by atoms with Gasteiger partial charge in [0.15, 0.2) is 0 Å². The highest BCUT2D eigenvalue weighted by atomic mass is 32.1. The summed E-state index contributed by atoms with van der Waals surface area (Å²) < 4.78 is 17.0. The van der Waals surface area contributed by atoms with Crippen LogP contribution in [0.5, 0.6) is 5.19 Å². The number of hydrogen-bond acceptors (Lipinski definition) is 8. The third kappa shape index (κ3) is 3.93. The number of hydrogen-bond donors (Lipinski definition) is 0. The molecular formula is C16H22N4O3S. The minimum Gasteiger partial charge on any atom is -0.470 e. The molecule has 0 N–H and O–H groups in total. The first-order valence-electron chi connectivity index (χ1n) is 8.51. The maximum Gasteiger partial charge on any atom is 0.273 e. The highest BCUT2D eigenvalue weighted by Crippen LogP contribution is 2.25. The normalized spacial score (nSPS) is 25.2. The van der Waals surface area contributed by atoms with E-state index in [0.717, 1.165) is 43.8 Å². The number of ether oxygens (including phenoxy) is 2. The Bertz CT molecular complexity index is 627. The van der Waals surface area contributed by atoms with Crippen molar-refractivity contribution >= 4 is 11.3 Å². The second-order valence-electron chi connectivity index (χ2n) is 6.45. The van der Waals surface area contributed by atoms with Crippen molar-refractivity contribution < 1.29 is 13.9 Å². The lowest BCUT2D eigenvalue weighted by molar-refractivity contribution is 0.116. The fourth-order valence-electron chi connectivity index (χ4n) is 3.32. The molecule has 2 aromatic rings. The van der Waals surface area contributed by atoms with Crippen molar-refractivity contribution in [3.63, 3.8) is 0 Å². The van der Waals surface area contributed by atoms with Crippen molar-refractivity contribution in [1.29, 1.82) is 0 Å². The standard InChI is InChI=1S/C16H22N4O3S/c1-2-12(10-22-16-17-4-7-24-16)8-20(5-1)9-14-18-19-15(23-14)13-3-6-21-11-13/h4,7,12-13H,1-3,5-6,8-11H2. The Morgan fingerprint density at radius 3 is 3.17 bits per heavy atom. The fraction of sp³-hybridized carbons (Fsp3) is 0.688. The van der Waals surface area contributed by atoms with Crippen LogP contribution in [0.1, 0.15) is 37.0 Å². The summed E-state index contributed by atoms with van der Waals surface area (Å²) in [5.41, 5.74) is 0. The molecule has 0 amide bonds. The van der Waals surface area contributed by atoms with Crippen molar-refractivity contribution in [3.8, 4) is 5.19 Å². The Kier molecular flexibility index (Phi) is 5.05. The second-order valence-corrected chi connectivity index (χ2v) is 7.30. The summed E-state index contributed by atoms with van der Waals surface area (Å²) in [7, 11) is 0. The van der Waals surface area contributed by atoms with Crippen LogP contribution >= 0.6 is 11.3 Å². The van der Waals surface area contributed by atoms with Gasteiger partial charge in [-0.3, -0.25) is 4.90 Å². The van der Waals surface area contributed by atoms with Crippen LogP contribution in [0.3, 0.4) is 0 Å². The Hall–Kier alpha value is -1.51. The van der Waals surface area contributed by atoms with E-state index in [0.29, 0.717) is 25.0 Å². The molecule has 0 radical (unpaired) electrons. The fourth-order valence-corrected chi connectivity index (χ4v) is 3.81. The first-order valence-corrected chi connectivity index (χ1v) is 9.39. The van der Waals surface area contributed by atoms with Crippen LogP contribution in [-0.2, 0) is 11.3 Å². The molecule has 8 heteroatoms. The number of aromatic nitrogens is 3. The van der Waals surface area contributed by atoms with Crippen molar-refractivity contribution in [2.75, 3.05) is 32.9 Å². The van der Waals surface area contributed by atoms with Crippen LogP contribution < -0.4 is 4.74 Å². The summed E-state index contributed by atoms with van der Waals surface area (Å²) in [5, 5.41) is 11.1. The van der Waals surface area contributed by atoms with Crippen molar-refractivity contribution in [2.24, 2.45) is 5.92 Å². The van der Waals surface area contributed by atoms with Crippen molar-refractivity contribution in [1.82, 2.24) is 20.1 Å². The van der Waals surface area contributed by atoms with Gasteiger partial charge in [-0.2, -0.15) is 0 Å². The lowest BCUT2D eigenvalue weighted by Gasteiger charge is -2.31. The first kappa shape index (κ1) is 16.0. The zero-order chi connectivity index (χ0) is 16.2. The molecule has 2 aromatic heterocycles. The smallest absolute Gasteiger partial charge is 0.273 e. The van der Waals surface area contributed by atoms with Crippen LogP contribution in [0, 0.1) is 5.92 Å². The molecule has 2 atom stereocenters. The molecule has 7 nitrogen and oxygen atoms in total. The van der Waals surface area contributed by atoms with E-state index < -0.39 is 0 Å². The quantitative estimate of drug-likeness (QED) is 0.791. The zero-order valence-electron chi connectivity index (χ0n) is 13.6. The summed E-state index contributed by atoms with van der Waals surface area (Å²) in [6.45, 7) is 4.98. The van der Waals surface area contributed by atoms with Gasteiger partial charge in [-0.15, -0.1) is 10.2 Å². The van der Waals surface area contributed by atoms with E-state index in [1.165, 1.54) is 24.2 Å². The topological polar surface area (TPSA) is 73.5 Å². The number of likely N-dealkylation sites (tertiary alicyclic amines) is 1. The Labute approximate surface area is 145 Å². The van der Waals surface area contributed by atoms with E-state index in [9.17, 15) is 0 Å². The molecular weight excluding hydrogens is 328 g/mol. The van der Waals surface area contributed by atoms with Crippen LogP contribution in [0.2, 0.25) is 0 Å². The average Bonchev–Trinajstić information content (AvgIpc) is 3.35. The van der Waals surface area contributed by atoms with Gasteiger partial charge in [0, 0.05) is 30.6 Å². The second kappa shape index (κ2) is 7.58. The van der Waals surface area contributed by atoms with E-state index in [-0.39, 0.29) is 5.92 Å². The third-order valence-electron chi connectivity index (χ3n) is 4.58. The molecule has 2 aliphatic heterocycles. The number of rotatable bonds is 6. The maximum atomic E-state index is 5.84. The van der Waals surface area contributed by atoms with E-state index >= 15 is 0 Å². The Morgan fingerprint density at radius 2 is 2.33 bits per heavy atom. The lowest BCUT2D eigenvalue weighted by atomic mass is 9.99. The monoisotopic (exact) mass is 350 g/mol. The molecule has 2 unspecified atom stereocenters. The number of piperidine rings is 1. The van der Waals surface area contributed by atoms with Gasteiger partial charge in [0.2, 0.25) is 11.8 Å². The van der Waals surface area contributed by atoms with E-state index in [4.69, 9.17) is 13.9 Å². The highest BCUT2D eigenvalue weighted by molar-refractivity contribution is 7.11. The molecule has 0 spiro atoms. The maximum absolute atomic E-state index is 5.84. The van der Waals surface area contributed by atoms with Crippen molar-refractivity contribution in [2.45, 2.75) is 31.7 Å². The van der Waals surface area contributed by atoms with Gasteiger partial charge in [0.05, 0.1) is 25.7 Å². The number of nitrogens with zero attached hydrogens (tertiary/aromatic N) is 4. The van der Waals surface area contributed by atoms with Crippen LogP contribution in [-0.4, -0.2) is 53.0 Å². The van der Waals surface area contributed by atoms with Gasteiger partial charge in [-0.05, 0) is 25.8 Å². The predicted octanol–water partition coefficient (Wildman–Crippen LogP) is 2.32. The van der Waals surface area contributed by atoms with E-state index in [1.807, 2.05) is 5.38 Å². The summed E-state index contributed by atoms with van der Waals surface area (Å²) >= 11 is 1.54. The largest absolute Gasteiger partial charge is 0.470 e. The molecule has 4 heterocycles. The van der Waals surface area contributed by atoms with Gasteiger partial charge in [-0.25, -0.2) is 4.98 Å². The molecule has 2 fully saturated rings. The molecule has 0 saturated carbocycles. The van der Waals surface area contributed by atoms with Gasteiger partial charge < -0.3 is 13.9 Å². The van der Waals surface area contributed by atoms with E-state index in [2.05, 4.69) is 20.1 Å². The summed E-state index contributed by atoms with van der Waals surface area (Å²) in [6.07, 6.45) is 5.11. The molecule has 2 aliphatic rings. The first-order chi connectivity index (χ1) is 11.9. The summed E-state index contributed by atoms with van der Waals surface area (Å²) in [5.74, 6) is 2.22. The SMILES string of the molecule is c1csc(OCC2CCCN(Cc3nnc(C4CCOC4)o3)C2)n1. The van der Waals surface area contributed by atoms with Gasteiger partial charge in [0.1, 0.15) is 0 Å². The molecule has 130 valence electrons. The van der Waals surface area contributed by atoms with Crippen molar-refractivity contribution in [3.05, 3.63) is 23.4 Å². The lowest BCUT2D eigenvalue weighted by Crippen LogP contribution is -2.37. The molecule has 0 bridgehead atoms. The van der Waals surface area contributed by atoms with Gasteiger partial charge in [-0.1, -0.05) is 11.3 Å². The summed E-state index contributed by atoms with van der Waals surface area (Å²) in [4.78, 5) is 6.54. The Morgan fingerprint density at radius 1 is 1.33 bits per heavy atom. The van der Waals surface area contributed by atoms with Crippen LogP contribution in [0.15, 0.2) is 16.0 Å². The van der Waals surface area contributed by atoms with Crippen LogP contribution in [0.25, 0.3) is 0 Å². The third-order valence-corrected chi connectivity index (χ3v) is 5.26. The molecule has 4 rings (SSSR count). The molecule has 2 saturated heterocycles. The molecule has 24 heavy (non-hydrogen) atoms.